The molecule has 0 aliphatic heterocycles. The molecular weight excluding hydrogens is 500 g/mol. The van der Waals surface area contributed by atoms with E-state index < -0.39 is 17.9 Å². The predicted octanol–water partition coefficient (Wildman–Crippen LogP) is 6.06. The predicted molar refractivity (Wildman–Crippen MR) is 148 cm³/mol. The third-order valence-corrected chi connectivity index (χ3v) is 4.84. The molecule has 0 atom stereocenters. The molecule has 0 bridgehead atoms. The Balaban J connectivity index is 0.00000260. The highest BCUT2D eigenvalue weighted by molar-refractivity contribution is 5.91. The molecular formula is C31H32O8. The molecule has 0 radical (unpaired) electrons. The largest absolute Gasteiger partial charge is 0.497 e. The monoisotopic (exact) mass is 532 g/mol. The van der Waals surface area contributed by atoms with Crippen molar-refractivity contribution >= 4 is 24.0 Å². The second-order valence-electron chi connectivity index (χ2n) is 7.49. The van der Waals surface area contributed by atoms with Crippen LogP contribution in [0.3, 0.4) is 0 Å². The van der Waals surface area contributed by atoms with Gasteiger partial charge in [0.05, 0.1) is 25.9 Å². The maximum Gasteiger partial charge on any atom is 0.343 e. The lowest BCUT2D eigenvalue weighted by molar-refractivity contribution is -0.138. The van der Waals surface area contributed by atoms with Crippen molar-refractivity contribution in [1.82, 2.24) is 0 Å². The van der Waals surface area contributed by atoms with Gasteiger partial charge >= 0.3 is 17.9 Å². The van der Waals surface area contributed by atoms with Crippen LogP contribution in [0.1, 0.15) is 36.2 Å². The Morgan fingerprint density at radius 1 is 0.718 bits per heavy atom. The Morgan fingerprint density at radius 2 is 1.28 bits per heavy atom. The number of benzene rings is 3. The van der Waals surface area contributed by atoms with Crippen LogP contribution >= 0.6 is 0 Å². The molecule has 0 unspecified atom stereocenters. The van der Waals surface area contributed by atoms with E-state index in [9.17, 15) is 14.4 Å². The van der Waals surface area contributed by atoms with E-state index in [0.717, 1.165) is 17.4 Å². The van der Waals surface area contributed by atoms with Crippen LogP contribution in [0, 0.1) is 0 Å². The molecule has 3 rings (SSSR count). The average Bonchev–Trinajstić information content (AvgIpc) is 2.98. The summed E-state index contributed by atoms with van der Waals surface area (Å²) in [5.41, 5.74) is 1.16. The lowest BCUT2D eigenvalue weighted by Gasteiger charge is -2.08. The van der Waals surface area contributed by atoms with Crippen LogP contribution in [-0.4, -0.2) is 38.2 Å². The highest BCUT2D eigenvalue weighted by atomic mass is 16.5. The number of esters is 3. The summed E-state index contributed by atoms with van der Waals surface area (Å²) in [6.07, 6.45) is 4.58. The van der Waals surface area contributed by atoms with Crippen molar-refractivity contribution < 1.29 is 38.1 Å². The molecule has 0 aromatic heterocycles. The normalized spacial score (nSPS) is 10.0. The first-order chi connectivity index (χ1) is 19.0. The number of hydrogen-bond acceptors (Lipinski definition) is 8. The number of carbonyl (C=O) groups excluding carboxylic acids is 3. The Hall–Kier alpha value is -4.85. The van der Waals surface area contributed by atoms with Crippen LogP contribution in [0.2, 0.25) is 0 Å². The third kappa shape index (κ3) is 11.0. The van der Waals surface area contributed by atoms with Gasteiger partial charge < -0.3 is 23.7 Å². The summed E-state index contributed by atoms with van der Waals surface area (Å²) < 4.78 is 26.2. The van der Waals surface area contributed by atoms with E-state index in [1.54, 1.807) is 49.6 Å². The minimum absolute atomic E-state index is 0.230. The molecule has 0 spiro atoms. The Labute approximate surface area is 228 Å². The fraction of sp³-hybridized carbons (Fsp3) is 0.194. The minimum Gasteiger partial charge on any atom is -0.497 e. The van der Waals surface area contributed by atoms with Crippen LogP contribution in [0.15, 0.2) is 91.5 Å². The average molecular weight is 533 g/mol. The van der Waals surface area contributed by atoms with E-state index in [2.05, 4.69) is 6.58 Å². The Bertz CT molecular complexity index is 1230. The van der Waals surface area contributed by atoms with E-state index in [4.69, 9.17) is 23.7 Å². The van der Waals surface area contributed by atoms with Gasteiger partial charge in [-0.1, -0.05) is 32.6 Å². The van der Waals surface area contributed by atoms with Gasteiger partial charge in [0.15, 0.2) is 0 Å². The third-order valence-electron chi connectivity index (χ3n) is 4.84. The van der Waals surface area contributed by atoms with Crippen molar-refractivity contribution in [2.24, 2.45) is 0 Å². The first-order valence-electron chi connectivity index (χ1n) is 12.3. The van der Waals surface area contributed by atoms with Gasteiger partial charge in [0.25, 0.3) is 0 Å². The van der Waals surface area contributed by atoms with Crippen LogP contribution in [0.25, 0.3) is 6.08 Å². The summed E-state index contributed by atoms with van der Waals surface area (Å²) in [5.74, 6) is 0.341. The van der Waals surface area contributed by atoms with Crippen molar-refractivity contribution in [2.75, 3.05) is 20.3 Å². The zero-order chi connectivity index (χ0) is 28.5. The summed E-state index contributed by atoms with van der Waals surface area (Å²) in [4.78, 5) is 35.5. The number of ether oxygens (including phenoxy) is 5. The summed E-state index contributed by atoms with van der Waals surface area (Å²) >= 11 is 0. The molecule has 39 heavy (non-hydrogen) atoms. The lowest BCUT2D eigenvalue weighted by atomic mass is 10.2. The fourth-order valence-electron chi connectivity index (χ4n) is 2.94. The molecule has 204 valence electrons. The van der Waals surface area contributed by atoms with Crippen LogP contribution in [0.4, 0.5) is 0 Å². The smallest absolute Gasteiger partial charge is 0.343 e. The SMILES string of the molecule is C=CC(=O)OCCCOc1ccc(C(=O)Oc2ccc(OC(=O)/C=C/c3ccc(OC)cc3)cc2)cc1.CC. The molecule has 0 fully saturated rings. The molecule has 0 saturated heterocycles. The van der Waals surface area contributed by atoms with Crippen molar-refractivity contribution in [1.29, 1.82) is 0 Å². The van der Waals surface area contributed by atoms with E-state index in [0.29, 0.717) is 35.8 Å². The number of methoxy groups -OCH3 is 1. The summed E-state index contributed by atoms with van der Waals surface area (Å²) in [7, 11) is 1.58. The molecule has 0 heterocycles. The molecule has 3 aromatic carbocycles. The van der Waals surface area contributed by atoms with Crippen molar-refractivity contribution in [2.45, 2.75) is 20.3 Å². The summed E-state index contributed by atoms with van der Waals surface area (Å²) in [6, 6.07) is 19.8. The van der Waals surface area contributed by atoms with Gasteiger partial charge in [0.2, 0.25) is 0 Å². The zero-order valence-electron chi connectivity index (χ0n) is 22.3. The minimum atomic E-state index is -0.546. The van der Waals surface area contributed by atoms with Gasteiger partial charge in [-0.25, -0.2) is 14.4 Å². The van der Waals surface area contributed by atoms with Gasteiger partial charge in [-0.2, -0.15) is 0 Å². The van der Waals surface area contributed by atoms with Gasteiger partial charge in [0, 0.05) is 18.6 Å². The number of carbonyl (C=O) groups is 3. The van der Waals surface area contributed by atoms with Crippen molar-refractivity contribution in [3.63, 3.8) is 0 Å². The molecule has 3 aromatic rings. The number of hydrogen-bond donors (Lipinski definition) is 0. The standard InChI is InChI=1S/C29H26O8.C2H6/c1-3-27(30)35-20-4-19-34-24-12-8-22(9-13-24)29(32)37-26-16-14-25(15-17-26)36-28(31)18-7-21-5-10-23(33-2)11-6-21;1-2/h3,5-18H,1,4,19-20H2,2H3;1-2H3/b18-7+;. The van der Waals surface area contributed by atoms with Crippen LogP contribution in [0.5, 0.6) is 23.0 Å². The quantitative estimate of drug-likeness (QED) is 0.120. The van der Waals surface area contributed by atoms with Gasteiger partial charge in [-0.05, 0) is 72.3 Å². The van der Waals surface area contributed by atoms with Crippen LogP contribution < -0.4 is 18.9 Å². The van der Waals surface area contributed by atoms with Crippen molar-refractivity contribution in [3.8, 4) is 23.0 Å². The fourth-order valence-corrected chi connectivity index (χ4v) is 2.94. The van der Waals surface area contributed by atoms with Gasteiger partial charge in [0.1, 0.15) is 23.0 Å². The molecule has 8 heteroatoms. The van der Waals surface area contributed by atoms with Crippen molar-refractivity contribution in [3.05, 3.63) is 103 Å². The van der Waals surface area contributed by atoms with Crippen LogP contribution in [-0.2, 0) is 14.3 Å². The lowest BCUT2D eigenvalue weighted by Crippen LogP contribution is -2.09. The second-order valence-corrected chi connectivity index (χ2v) is 7.49. The van der Waals surface area contributed by atoms with E-state index in [1.165, 1.54) is 30.3 Å². The maximum absolute atomic E-state index is 12.4. The highest BCUT2D eigenvalue weighted by Crippen LogP contribution is 2.20. The maximum atomic E-state index is 12.4. The highest BCUT2D eigenvalue weighted by Gasteiger charge is 2.10. The van der Waals surface area contributed by atoms with Gasteiger partial charge in [-0.15, -0.1) is 0 Å². The molecule has 0 amide bonds. The first-order valence-corrected chi connectivity index (χ1v) is 12.3. The Kier molecular flexibility index (Phi) is 13.1. The summed E-state index contributed by atoms with van der Waals surface area (Å²) in [5, 5.41) is 0. The van der Waals surface area contributed by atoms with E-state index in [1.807, 2.05) is 26.0 Å². The Morgan fingerprint density at radius 3 is 1.87 bits per heavy atom. The summed E-state index contributed by atoms with van der Waals surface area (Å²) in [6.45, 7) is 7.90. The molecule has 0 aliphatic rings. The molecule has 0 saturated carbocycles. The zero-order valence-corrected chi connectivity index (χ0v) is 22.3. The first kappa shape index (κ1) is 30.4. The molecule has 0 aliphatic carbocycles. The molecule has 8 nitrogen and oxygen atoms in total. The number of rotatable bonds is 12. The topological polar surface area (TPSA) is 97.4 Å². The molecule has 0 N–H and O–H groups in total. The second kappa shape index (κ2) is 16.8. The van der Waals surface area contributed by atoms with Gasteiger partial charge in [-0.3, -0.25) is 0 Å². The van der Waals surface area contributed by atoms with E-state index in [-0.39, 0.29) is 6.61 Å². The van der Waals surface area contributed by atoms with E-state index >= 15 is 0 Å².